The van der Waals surface area contributed by atoms with Gasteiger partial charge in [0, 0.05) is 34.7 Å². The van der Waals surface area contributed by atoms with Gasteiger partial charge in [0.25, 0.3) is 0 Å². The molecule has 1 atom stereocenters. The van der Waals surface area contributed by atoms with Crippen molar-refractivity contribution < 1.29 is 4.79 Å². The van der Waals surface area contributed by atoms with Crippen LogP contribution >= 0.6 is 15.9 Å². The van der Waals surface area contributed by atoms with Gasteiger partial charge in [-0.1, -0.05) is 13.8 Å². The number of halogens is 1. The van der Waals surface area contributed by atoms with Crippen LogP contribution in [-0.2, 0) is 11.2 Å². The number of carbonyl (C=O) groups is 1. The molecule has 1 aromatic heterocycles. The Morgan fingerprint density at radius 1 is 1.56 bits per heavy atom. The number of Topliss-reactive ketones (excluding diaryl/α,β-unsaturated/α-hetero) is 1. The molecule has 3 nitrogen and oxygen atoms in total. The van der Waals surface area contributed by atoms with E-state index in [-0.39, 0.29) is 5.41 Å². The molecular formula is C14H19BrN2O. The van der Waals surface area contributed by atoms with Gasteiger partial charge in [-0.2, -0.15) is 0 Å². The maximum absolute atomic E-state index is 12.6. The lowest BCUT2D eigenvalue weighted by Gasteiger charge is -2.30. The fourth-order valence-corrected chi connectivity index (χ4v) is 2.85. The Kier molecular flexibility index (Phi) is 4.17. The van der Waals surface area contributed by atoms with Crippen molar-refractivity contribution >= 4 is 21.7 Å². The molecule has 98 valence electrons. The summed E-state index contributed by atoms with van der Waals surface area (Å²) in [5.74, 6) is 0.688. The van der Waals surface area contributed by atoms with Crippen LogP contribution in [0.15, 0.2) is 22.8 Å². The van der Waals surface area contributed by atoms with Crippen molar-refractivity contribution in [2.75, 3.05) is 13.1 Å². The van der Waals surface area contributed by atoms with Gasteiger partial charge in [-0.05, 0) is 46.9 Å². The SMILES string of the molecule is CC(C)C1(C(=O)Cc2ccc(Br)cn2)CCNC1. The highest BCUT2D eigenvalue weighted by atomic mass is 79.9. The zero-order valence-electron chi connectivity index (χ0n) is 10.9. The zero-order chi connectivity index (χ0) is 13.2. The van der Waals surface area contributed by atoms with Crippen LogP contribution in [0, 0.1) is 11.3 Å². The topological polar surface area (TPSA) is 42.0 Å². The second-order valence-electron chi connectivity index (χ2n) is 5.31. The normalized spacial score (nSPS) is 23.6. The number of nitrogens with one attached hydrogen (secondary N) is 1. The van der Waals surface area contributed by atoms with Crippen LogP contribution in [0.3, 0.4) is 0 Å². The van der Waals surface area contributed by atoms with Crippen molar-refractivity contribution in [3.63, 3.8) is 0 Å². The first-order valence-corrected chi connectivity index (χ1v) is 7.18. The molecule has 1 aliphatic heterocycles. The Morgan fingerprint density at radius 2 is 2.33 bits per heavy atom. The molecule has 1 aromatic rings. The molecule has 1 N–H and O–H groups in total. The van der Waals surface area contributed by atoms with E-state index in [1.165, 1.54) is 0 Å². The van der Waals surface area contributed by atoms with Crippen LogP contribution in [-0.4, -0.2) is 23.9 Å². The van der Waals surface area contributed by atoms with Crippen LogP contribution < -0.4 is 5.32 Å². The molecule has 0 radical (unpaired) electrons. The van der Waals surface area contributed by atoms with Crippen molar-refractivity contribution in [3.8, 4) is 0 Å². The number of ketones is 1. The van der Waals surface area contributed by atoms with Gasteiger partial charge >= 0.3 is 0 Å². The number of pyridine rings is 1. The first kappa shape index (κ1) is 13.7. The summed E-state index contributed by atoms with van der Waals surface area (Å²) in [6, 6.07) is 3.85. The summed E-state index contributed by atoms with van der Waals surface area (Å²) in [5.41, 5.74) is 0.657. The van der Waals surface area contributed by atoms with Crippen LogP contribution in [0.5, 0.6) is 0 Å². The monoisotopic (exact) mass is 310 g/mol. The maximum atomic E-state index is 12.6. The van der Waals surface area contributed by atoms with E-state index in [0.29, 0.717) is 18.1 Å². The van der Waals surface area contributed by atoms with Gasteiger partial charge < -0.3 is 5.32 Å². The molecular weight excluding hydrogens is 292 g/mol. The molecule has 1 saturated heterocycles. The van der Waals surface area contributed by atoms with E-state index in [1.807, 2.05) is 12.1 Å². The predicted octanol–water partition coefficient (Wildman–Crippen LogP) is 2.59. The van der Waals surface area contributed by atoms with E-state index in [1.54, 1.807) is 6.20 Å². The Morgan fingerprint density at radius 3 is 2.83 bits per heavy atom. The van der Waals surface area contributed by atoms with E-state index in [2.05, 4.69) is 40.1 Å². The van der Waals surface area contributed by atoms with Gasteiger partial charge in [0.1, 0.15) is 5.78 Å². The summed E-state index contributed by atoms with van der Waals surface area (Å²) in [6.45, 7) is 6.03. The minimum atomic E-state index is -0.200. The van der Waals surface area contributed by atoms with Crippen molar-refractivity contribution in [2.24, 2.45) is 11.3 Å². The van der Waals surface area contributed by atoms with Crippen molar-refractivity contribution in [2.45, 2.75) is 26.7 Å². The number of carbonyl (C=O) groups excluding carboxylic acids is 1. The summed E-state index contributed by atoms with van der Waals surface area (Å²) in [5, 5.41) is 3.32. The average molecular weight is 311 g/mol. The molecule has 0 spiro atoms. The molecule has 0 saturated carbocycles. The number of aromatic nitrogens is 1. The smallest absolute Gasteiger partial charge is 0.146 e. The lowest BCUT2D eigenvalue weighted by atomic mass is 9.72. The van der Waals surface area contributed by atoms with Crippen LogP contribution in [0.1, 0.15) is 26.0 Å². The molecule has 1 unspecified atom stereocenters. The number of hydrogen-bond donors (Lipinski definition) is 1. The van der Waals surface area contributed by atoms with Crippen LogP contribution in [0.25, 0.3) is 0 Å². The summed E-state index contributed by atoms with van der Waals surface area (Å²) in [7, 11) is 0. The molecule has 2 rings (SSSR count). The second-order valence-corrected chi connectivity index (χ2v) is 6.22. The van der Waals surface area contributed by atoms with Gasteiger partial charge in [0.05, 0.1) is 0 Å². The summed E-state index contributed by atoms with van der Waals surface area (Å²) < 4.78 is 0.944. The number of hydrogen-bond acceptors (Lipinski definition) is 3. The highest BCUT2D eigenvalue weighted by Crippen LogP contribution is 2.36. The minimum Gasteiger partial charge on any atom is -0.316 e. The lowest BCUT2D eigenvalue weighted by molar-refractivity contribution is -0.129. The molecule has 1 fully saturated rings. The second kappa shape index (κ2) is 5.49. The highest BCUT2D eigenvalue weighted by Gasteiger charge is 2.43. The Labute approximate surface area is 117 Å². The van der Waals surface area contributed by atoms with Gasteiger partial charge in [-0.15, -0.1) is 0 Å². The Bertz CT molecular complexity index is 422. The van der Waals surface area contributed by atoms with Crippen molar-refractivity contribution in [1.29, 1.82) is 0 Å². The zero-order valence-corrected chi connectivity index (χ0v) is 12.5. The minimum absolute atomic E-state index is 0.200. The molecule has 0 aromatic carbocycles. The average Bonchev–Trinajstić information content (AvgIpc) is 2.82. The van der Waals surface area contributed by atoms with E-state index in [0.717, 1.165) is 29.7 Å². The molecule has 4 heteroatoms. The molecule has 0 amide bonds. The van der Waals surface area contributed by atoms with Gasteiger partial charge in [0.15, 0.2) is 0 Å². The molecule has 0 aliphatic carbocycles. The van der Waals surface area contributed by atoms with Crippen LogP contribution in [0.2, 0.25) is 0 Å². The fourth-order valence-electron chi connectivity index (χ4n) is 2.62. The molecule has 2 heterocycles. The molecule has 0 bridgehead atoms. The van der Waals surface area contributed by atoms with Crippen LogP contribution in [0.4, 0.5) is 0 Å². The lowest BCUT2D eigenvalue weighted by Crippen LogP contribution is -2.39. The Hall–Kier alpha value is -0.740. The van der Waals surface area contributed by atoms with E-state index in [9.17, 15) is 4.79 Å². The van der Waals surface area contributed by atoms with E-state index in [4.69, 9.17) is 0 Å². The van der Waals surface area contributed by atoms with E-state index < -0.39 is 0 Å². The largest absolute Gasteiger partial charge is 0.316 e. The van der Waals surface area contributed by atoms with E-state index >= 15 is 0 Å². The highest BCUT2D eigenvalue weighted by molar-refractivity contribution is 9.10. The summed E-state index contributed by atoms with van der Waals surface area (Å²) >= 11 is 3.35. The Balaban J connectivity index is 2.13. The third-order valence-corrected chi connectivity index (χ3v) is 4.45. The van der Waals surface area contributed by atoms with Gasteiger partial charge in [-0.3, -0.25) is 9.78 Å². The quantitative estimate of drug-likeness (QED) is 0.929. The molecule has 1 aliphatic rings. The summed E-state index contributed by atoms with van der Waals surface area (Å²) in [6.07, 6.45) is 3.13. The standard InChI is InChI=1S/C14H19BrN2O/c1-10(2)14(5-6-16-9-14)13(18)7-12-4-3-11(15)8-17-12/h3-4,8,10,16H,5-7,9H2,1-2H3. The third kappa shape index (κ3) is 2.64. The van der Waals surface area contributed by atoms with Crippen molar-refractivity contribution in [1.82, 2.24) is 10.3 Å². The maximum Gasteiger partial charge on any atom is 0.146 e. The third-order valence-electron chi connectivity index (χ3n) is 3.98. The summed E-state index contributed by atoms with van der Waals surface area (Å²) in [4.78, 5) is 16.9. The van der Waals surface area contributed by atoms with Crippen molar-refractivity contribution in [3.05, 3.63) is 28.5 Å². The molecule has 18 heavy (non-hydrogen) atoms. The fraction of sp³-hybridized carbons (Fsp3) is 0.571. The predicted molar refractivity (Wildman–Crippen MR) is 75.4 cm³/mol. The van der Waals surface area contributed by atoms with Gasteiger partial charge in [-0.25, -0.2) is 0 Å². The number of nitrogens with zero attached hydrogens (tertiary/aromatic N) is 1. The number of rotatable bonds is 4. The first-order valence-electron chi connectivity index (χ1n) is 6.39. The van der Waals surface area contributed by atoms with Gasteiger partial charge in [0.2, 0.25) is 0 Å². The first-order chi connectivity index (χ1) is 8.54.